The lowest BCUT2D eigenvalue weighted by Gasteiger charge is -2.33. The molecule has 0 bridgehead atoms. The summed E-state index contributed by atoms with van der Waals surface area (Å²) in [6.07, 6.45) is 3.67. The van der Waals surface area contributed by atoms with Gasteiger partial charge in [0.1, 0.15) is 5.75 Å². The van der Waals surface area contributed by atoms with Crippen molar-refractivity contribution in [2.24, 2.45) is 0 Å². The van der Waals surface area contributed by atoms with E-state index < -0.39 is 0 Å². The van der Waals surface area contributed by atoms with Crippen LogP contribution in [-0.2, 0) is 9.53 Å². The third-order valence-corrected chi connectivity index (χ3v) is 4.15. The van der Waals surface area contributed by atoms with E-state index in [9.17, 15) is 9.59 Å². The maximum atomic E-state index is 12.0. The standard InChI is InChI=1S/C19H26N2O4/c1-3-25-19(23)21-14-12-20(13-15-21)11-10-17(22)7-4-16-5-8-18(24-2)9-6-16/h4-9H,3,10-15H2,1-2H3. The molecule has 6 heteroatoms. The minimum absolute atomic E-state index is 0.101. The Morgan fingerprint density at radius 1 is 1.12 bits per heavy atom. The summed E-state index contributed by atoms with van der Waals surface area (Å²) in [5.41, 5.74) is 0.970. The molecule has 1 aromatic rings. The van der Waals surface area contributed by atoms with E-state index in [0.29, 0.717) is 32.7 Å². The van der Waals surface area contributed by atoms with Crippen LogP contribution in [0.4, 0.5) is 4.79 Å². The normalized spacial score (nSPS) is 15.4. The largest absolute Gasteiger partial charge is 0.497 e. The third kappa shape index (κ3) is 6.23. The quantitative estimate of drug-likeness (QED) is 0.710. The highest BCUT2D eigenvalue weighted by Crippen LogP contribution is 2.12. The number of carbonyl (C=O) groups excluding carboxylic acids is 2. The van der Waals surface area contributed by atoms with Gasteiger partial charge < -0.3 is 14.4 Å². The molecule has 1 heterocycles. The fraction of sp³-hybridized carbons (Fsp3) is 0.474. The van der Waals surface area contributed by atoms with Gasteiger partial charge >= 0.3 is 6.09 Å². The smallest absolute Gasteiger partial charge is 0.409 e. The second kappa shape index (κ2) is 9.84. The summed E-state index contributed by atoms with van der Waals surface area (Å²) < 4.78 is 10.1. The highest BCUT2D eigenvalue weighted by atomic mass is 16.6. The predicted molar refractivity (Wildman–Crippen MR) is 96.7 cm³/mol. The van der Waals surface area contributed by atoms with Crippen molar-refractivity contribution in [3.05, 3.63) is 35.9 Å². The number of rotatable bonds is 7. The van der Waals surface area contributed by atoms with Crippen molar-refractivity contribution in [1.29, 1.82) is 0 Å². The summed E-state index contributed by atoms with van der Waals surface area (Å²) in [5.74, 6) is 0.897. The molecule has 0 aromatic heterocycles. The van der Waals surface area contributed by atoms with E-state index >= 15 is 0 Å². The Morgan fingerprint density at radius 3 is 2.40 bits per heavy atom. The zero-order valence-corrected chi connectivity index (χ0v) is 14.9. The molecule has 6 nitrogen and oxygen atoms in total. The molecule has 2 rings (SSSR count). The Labute approximate surface area is 149 Å². The topological polar surface area (TPSA) is 59.1 Å². The van der Waals surface area contributed by atoms with Crippen molar-refractivity contribution in [2.45, 2.75) is 13.3 Å². The van der Waals surface area contributed by atoms with Gasteiger partial charge in [-0.3, -0.25) is 9.69 Å². The average Bonchev–Trinajstić information content (AvgIpc) is 2.65. The maximum absolute atomic E-state index is 12.0. The number of piperazine rings is 1. The summed E-state index contributed by atoms with van der Waals surface area (Å²) in [5, 5.41) is 0. The lowest BCUT2D eigenvalue weighted by atomic mass is 10.1. The molecule has 25 heavy (non-hydrogen) atoms. The van der Waals surface area contributed by atoms with Crippen molar-refractivity contribution in [2.75, 3.05) is 46.4 Å². The van der Waals surface area contributed by atoms with Crippen LogP contribution in [0.3, 0.4) is 0 Å². The van der Waals surface area contributed by atoms with Crippen LogP contribution in [0.1, 0.15) is 18.9 Å². The van der Waals surface area contributed by atoms with Crippen LogP contribution in [-0.4, -0.2) is 68.1 Å². The summed E-state index contributed by atoms with van der Waals surface area (Å²) in [6.45, 7) is 5.75. The van der Waals surface area contributed by atoms with Gasteiger partial charge in [-0.15, -0.1) is 0 Å². The van der Waals surface area contributed by atoms with E-state index in [4.69, 9.17) is 9.47 Å². The van der Waals surface area contributed by atoms with E-state index in [1.165, 1.54) is 0 Å². The number of amides is 1. The molecular formula is C19H26N2O4. The molecule has 1 aromatic carbocycles. The molecule has 1 amide bonds. The number of benzene rings is 1. The van der Waals surface area contributed by atoms with Crippen LogP contribution in [0, 0.1) is 0 Å². The van der Waals surface area contributed by atoms with Crippen molar-refractivity contribution in [3.8, 4) is 5.75 Å². The van der Waals surface area contributed by atoms with Gasteiger partial charge in [-0.2, -0.15) is 0 Å². The molecule has 0 aliphatic carbocycles. The molecule has 1 saturated heterocycles. The first kappa shape index (κ1) is 19.0. The number of carbonyl (C=O) groups is 2. The lowest BCUT2D eigenvalue weighted by Crippen LogP contribution is -2.49. The first-order valence-electron chi connectivity index (χ1n) is 8.61. The van der Waals surface area contributed by atoms with Gasteiger partial charge in [0.2, 0.25) is 0 Å². The van der Waals surface area contributed by atoms with Crippen LogP contribution in [0.15, 0.2) is 30.3 Å². The molecule has 0 unspecified atom stereocenters. The Kier molecular flexibility index (Phi) is 7.47. The predicted octanol–water partition coefficient (Wildman–Crippen LogP) is 2.44. The molecule has 136 valence electrons. The highest BCUT2D eigenvalue weighted by Gasteiger charge is 2.21. The van der Waals surface area contributed by atoms with E-state index in [2.05, 4.69) is 4.90 Å². The maximum Gasteiger partial charge on any atom is 0.409 e. The minimum atomic E-state index is -0.249. The van der Waals surface area contributed by atoms with Gasteiger partial charge in [0, 0.05) is 39.1 Å². The molecule has 0 spiro atoms. The van der Waals surface area contributed by atoms with Crippen LogP contribution < -0.4 is 4.74 Å². The number of hydrogen-bond donors (Lipinski definition) is 0. The van der Waals surface area contributed by atoms with Crippen molar-refractivity contribution < 1.29 is 19.1 Å². The monoisotopic (exact) mass is 346 g/mol. The van der Waals surface area contributed by atoms with E-state index in [-0.39, 0.29) is 11.9 Å². The van der Waals surface area contributed by atoms with Crippen molar-refractivity contribution in [1.82, 2.24) is 9.80 Å². The van der Waals surface area contributed by atoms with E-state index in [0.717, 1.165) is 24.4 Å². The van der Waals surface area contributed by atoms with Gasteiger partial charge in [0.05, 0.1) is 13.7 Å². The molecule has 0 radical (unpaired) electrons. The molecule has 1 aliphatic rings. The van der Waals surface area contributed by atoms with Crippen LogP contribution in [0.2, 0.25) is 0 Å². The Bertz CT molecular complexity index is 590. The van der Waals surface area contributed by atoms with Gasteiger partial charge in [-0.25, -0.2) is 4.79 Å². The SMILES string of the molecule is CCOC(=O)N1CCN(CCC(=O)C=Cc2ccc(OC)cc2)CC1. The molecule has 0 saturated carbocycles. The number of methoxy groups -OCH3 is 1. The summed E-state index contributed by atoms with van der Waals surface area (Å²) in [7, 11) is 1.63. The number of nitrogens with zero attached hydrogens (tertiary/aromatic N) is 2. The van der Waals surface area contributed by atoms with E-state index in [1.54, 1.807) is 25.0 Å². The minimum Gasteiger partial charge on any atom is -0.497 e. The van der Waals surface area contributed by atoms with Crippen LogP contribution >= 0.6 is 0 Å². The van der Waals surface area contributed by atoms with E-state index in [1.807, 2.05) is 30.3 Å². The first-order valence-corrected chi connectivity index (χ1v) is 8.61. The fourth-order valence-electron chi connectivity index (χ4n) is 2.62. The van der Waals surface area contributed by atoms with Crippen LogP contribution in [0.5, 0.6) is 5.75 Å². The van der Waals surface area contributed by atoms with Crippen molar-refractivity contribution in [3.63, 3.8) is 0 Å². The molecule has 1 fully saturated rings. The van der Waals surface area contributed by atoms with Gasteiger partial charge in [0.15, 0.2) is 5.78 Å². The second-order valence-electron chi connectivity index (χ2n) is 5.85. The molecule has 0 atom stereocenters. The van der Waals surface area contributed by atoms with Gasteiger partial charge in [-0.05, 0) is 30.7 Å². The zero-order chi connectivity index (χ0) is 18.1. The van der Waals surface area contributed by atoms with Gasteiger partial charge in [-0.1, -0.05) is 18.2 Å². The number of ketones is 1. The lowest BCUT2D eigenvalue weighted by molar-refractivity contribution is -0.115. The Hall–Kier alpha value is -2.34. The summed E-state index contributed by atoms with van der Waals surface area (Å²) >= 11 is 0. The van der Waals surface area contributed by atoms with Crippen LogP contribution in [0.25, 0.3) is 6.08 Å². The summed E-state index contributed by atoms with van der Waals surface area (Å²) in [4.78, 5) is 27.6. The average molecular weight is 346 g/mol. The first-order chi connectivity index (χ1) is 12.1. The van der Waals surface area contributed by atoms with Crippen molar-refractivity contribution >= 4 is 18.0 Å². The second-order valence-corrected chi connectivity index (χ2v) is 5.85. The summed E-state index contributed by atoms with van der Waals surface area (Å²) in [6, 6.07) is 7.56. The zero-order valence-electron chi connectivity index (χ0n) is 14.9. The number of allylic oxidation sites excluding steroid dienone is 1. The Balaban J connectivity index is 1.70. The number of ether oxygens (including phenoxy) is 2. The molecular weight excluding hydrogens is 320 g/mol. The third-order valence-electron chi connectivity index (χ3n) is 4.15. The fourth-order valence-corrected chi connectivity index (χ4v) is 2.62. The van der Waals surface area contributed by atoms with Gasteiger partial charge in [0.25, 0.3) is 0 Å². The Morgan fingerprint density at radius 2 is 1.80 bits per heavy atom. The number of hydrogen-bond acceptors (Lipinski definition) is 5. The highest BCUT2D eigenvalue weighted by molar-refractivity contribution is 5.93. The molecule has 0 N–H and O–H groups in total. The molecule has 1 aliphatic heterocycles.